The highest BCUT2D eigenvalue weighted by molar-refractivity contribution is 6.32. The molecule has 1 aliphatic carbocycles. The first kappa shape index (κ1) is 17.4. The number of aromatic amines is 1. The molecule has 26 heavy (non-hydrogen) atoms. The molecule has 0 amide bonds. The van der Waals surface area contributed by atoms with Crippen LogP contribution in [0.1, 0.15) is 18.4 Å². The lowest BCUT2D eigenvalue weighted by atomic mass is 10.1. The van der Waals surface area contributed by atoms with E-state index in [1.165, 1.54) is 31.3 Å². The first-order valence-electron chi connectivity index (χ1n) is 9.22. The Kier molecular flexibility index (Phi) is 5.13. The zero-order valence-electron chi connectivity index (χ0n) is 14.7. The van der Waals surface area contributed by atoms with Crippen LogP contribution in [-0.2, 0) is 6.54 Å². The Hall–Kier alpha value is -2.05. The predicted molar refractivity (Wildman–Crippen MR) is 105 cm³/mol. The molecule has 2 heterocycles. The van der Waals surface area contributed by atoms with Crippen molar-refractivity contribution in [3.05, 3.63) is 51.4 Å². The van der Waals surface area contributed by atoms with Gasteiger partial charge in [-0.25, -0.2) is 5.10 Å². The normalized spacial score (nSPS) is 18.1. The van der Waals surface area contributed by atoms with Crippen molar-refractivity contribution in [1.82, 2.24) is 15.1 Å². The third-order valence-corrected chi connectivity index (χ3v) is 5.54. The van der Waals surface area contributed by atoms with Crippen LogP contribution in [0.4, 0.5) is 11.4 Å². The zero-order valence-corrected chi connectivity index (χ0v) is 15.5. The van der Waals surface area contributed by atoms with Crippen LogP contribution >= 0.6 is 11.6 Å². The smallest absolute Gasteiger partial charge is 0.285 e. The summed E-state index contributed by atoms with van der Waals surface area (Å²) in [5, 5.41) is 9.38. The molecule has 138 valence electrons. The van der Waals surface area contributed by atoms with Crippen molar-refractivity contribution in [2.24, 2.45) is 5.92 Å². The van der Waals surface area contributed by atoms with Gasteiger partial charge in [0.1, 0.15) is 5.02 Å². The van der Waals surface area contributed by atoms with Crippen LogP contribution in [0.15, 0.2) is 35.3 Å². The third kappa shape index (κ3) is 4.19. The average Bonchev–Trinajstić information content (AvgIpc) is 3.48. The second kappa shape index (κ2) is 7.68. The molecular formula is C19H24ClN5O. The molecule has 2 fully saturated rings. The number of nitrogens with zero attached hydrogens (tertiary/aromatic N) is 3. The van der Waals surface area contributed by atoms with E-state index in [1.807, 2.05) is 0 Å². The summed E-state index contributed by atoms with van der Waals surface area (Å²) in [6, 6.07) is 8.58. The molecule has 1 aliphatic heterocycles. The van der Waals surface area contributed by atoms with E-state index < -0.39 is 0 Å². The van der Waals surface area contributed by atoms with E-state index in [-0.39, 0.29) is 10.6 Å². The van der Waals surface area contributed by atoms with Crippen LogP contribution in [0.2, 0.25) is 5.02 Å². The molecule has 4 rings (SSSR count). The summed E-state index contributed by atoms with van der Waals surface area (Å²) >= 11 is 5.98. The molecule has 1 aromatic carbocycles. The fourth-order valence-corrected chi connectivity index (χ4v) is 3.54. The maximum atomic E-state index is 11.5. The van der Waals surface area contributed by atoms with Gasteiger partial charge in [0, 0.05) is 45.0 Å². The Bertz CT molecular complexity index is 794. The number of halogens is 1. The van der Waals surface area contributed by atoms with Crippen LogP contribution in [0.5, 0.6) is 0 Å². The number of H-pyrrole nitrogens is 1. The predicted octanol–water partition coefficient (Wildman–Crippen LogP) is 2.57. The molecular weight excluding hydrogens is 350 g/mol. The van der Waals surface area contributed by atoms with Gasteiger partial charge in [0.2, 0.25) is 0 Å². The number of hydrogen-bond donors (Lipinski definition) is 2. The van der Waals surface area contributed by atoms with Gasteiger partial charge >= 0.3 is 0 Å². The Morgan fingerprint density at radius 3 is 2.58 bits per heavy atom. The first-order chi connectivity index (χ1) is 12.7. The largest absolute Gasteiger partial charge is 0.378 e. The second-order valence-corrected chi connectivity index (χ2v) is 7.56. The maximum Gasteiger partial charge on any atom is 0.285 e. The van der Waals surface area contributed by atoms with Crippen LogP contribution in [-0.4, -0.2) is 47.8 Å². The minimum atomic E-state index is -0.382. The van der Waals surface area contributed by atoms with Gasteiger partial charge in [-0.1, -0.05) is 23.7 Å². The molecule has 7 heteroatoms. The molecule has 0 unspecified atom stereocenters. The van der Waals surface area contributed by atoms with E-state index in [4.69, 9.17) is 11.6 Å². The third-order valence-electron chi connectivity index (χ3n) is 5.17. The van der Waals surface area contributed by atoms with E-state index in [0.717, 1.165) is 37.7 Å². The minimum Gasteiger partial charge on any atom is -0.378 e. The number of nitrogens with one attached hydrogen (secondary N) is 2. The molecule has 2 aromatic rings. The molecule has 2 aliphatic rings. The standard InChI is InChI=1S/C19H24ClN5O/c20-18-17(12-22-23-19(18)26)21-11-14-3-5-16(6-4-14)25-9-7-24(8-10-25)13-15-1-2-15/h3-6,12,15H,1-2,7-11,13H2,(H2,21,23,26). The summed E-state index contributed by atoms with van der Waals surface area (Å²) in [6.07, 6.45) is 4.38. The van der Waals surface area contributed by atoms with Crippen molar-refractivity contribution in [3.8, 4) is 0 Å². The zero-order chi connectivity index (χ0) is 17.9. The fraction of sp³-hybridized carbons (Fsp3) is 0.474. The maximum absolute atomic E-state index is 11.5. The lowest BCUT2D eigenvalue weighted by Gasteiger charge is -2.36. The average molecular weight is 374 g/mol. The number of rotatable bonds is 6. The molecule has 2 N–H and O–H groups in total. The Morgan fingerprint density at radius 1 is 1.15 bits per heavy atom. The number of anilines is 2. The van der Waals surface area contributed by atoms with Crippen molar-refractivity contribution in [1.29, 1.82) is 0 Å². The van der Waals surface area contributed by atoms with Gasteiger partial charge < -0.3 is 10.2 Å². The van der Waals surface area contributed by atoms with E-state index in [1.54, 1.807) is 0 Å². The summed E-state index contributed by atoms with van der Waals surface area (Å²) in [6.45, 7) is 6.40. The SMILES string of the molecule is O=c1[nH]ncc(NCc2ccc(N3CCN(CC4CC4)CC3)cc2)c1Cl. The van der Waals surface area contributed by atoms with Gasteiger partial charge in [-0.05, 0) is 36.5 Å². The van der Waals surface area contributed by atoms with E-state index >= 15 is 0 Å². The van der Waals surface area contributed by atoms with Crippen LogP contribution in [0.25, 0.3) is 0 Å². The molecule has 1 aromatic heterocycles. The quantitative estimate of drug-likeness (QED) is 0.814. The van der Waals surface area contributed by atoms with Crippen LogP contribution in [0, 0.1) is 5.92 Å². The lowest BCUT2D eigenvalue weighted by Crippen LogP contribution is -2.47. The van der Waals surface area contributed by atoms with Crippen molar-refractivity contribution in [3.63, 3.8) is 0 Å². The van der Waals surface area contributed by atoms with Crippen molar-refractivity contribution >= 4 is 23.0 Å². The topological polar surface area (TPSA) is 64.3 Å². The first-order valence-corrected chi connectivity index (χ1v) is 9.60. The molecule has 0 bridgehead atoms. The molecule has 6 nitrogen and oxygen atoms in total. The second-order valence-electron chi connectivity index (χ2n) is 7.18. The Morgan fingerprint density at radius 2 is 1.88 bits per heavy atom. The minimum absolute atomic E-state index is 0.140. The van der Waals surface area contributed by atoms with E-state index in [9.17, 15) is 4.79 Å². The molecule has 0 spiro atoms. The van der Waals surface area contributed by atoms with E-state index in [0.29, 0.717) is 12.2 Å². The van der Waals surface area contributed by atoms with Gasteiger partial charge in [0.15, 0.2) is 0 Å². The molecule has 0 atom stereocenters. The molecule has 0 radical (unpaired) electrons. The van der Waals surface area contributed by atoms with Crippen LogP contribution < -0.4 is 15.8 Å². The number of benzene rings is 1. The van der Waals surface area contributed by atoms with Crippen molar-refractivity contribution in [2.75, 3.05) is 42.9 Å². The van der Waals surface area contributed by atoms with Gasteiger partial charge in [-0.3, -0.25) is 9.69 Å². The summed E-state index contributed by atoms with van der Waals surface area (Å²) in [7, 11) is 0. The van der Waals surface area contributed by atoms with Gasteiger partial charge in [-0.2, -0.15) is 5.10 Å². The summed E-state index contributed by atoms with van der Waals surface area (Å²) < 4.78 is 0. The molecule has 1 saturated heterocycles. The highest BCUT2D eigenvalue weighted by Gasteiger charge is 2.26. The summed E-state index contributed by atoms with van der Waals surface area (Å²) in [4.78, 5) is 16.5. The highest BCUT2D eigenvalue weighted by Crippen LogP contribution is 2.30. The lowest BCUT2D eigenvalue weighted by molar-refractivity contribution is 0.248. The van der Waals surface area contributed by atoms with Gasteiger partial charge in [0.05, 0.1) is 11.9 Å². The van der Waals surface area contributed by atoms with E-state index in [2.05, 4.69) is 49.6 Å². The molecule has 1 saturated carbocycles. The monoisotopic (exact) mass is 373 g/mol. The number of hydrogen-bond acceptors (Lipinski definition) is 5. The summed E-state index contributed by atoms with van der Waals surface area (Å²) in [5.41, 5.74) is 2.58. The van der Waals surface area contributed by atoms with Crippen molar-refractivity contribution < 1.29 is 0 Å². The number of piperazine rings is 1. The Labute approximate surface area is 158 Å². The van der Waals surface area contributed by atoms with Crippen LogP contribution in [0.3, 0.4) is 0 Å². The fourth-order valence-electron chi connectivity index (χ4n) is 3.38. The number of aromatic nitrogens is 2. The Balaban J connectivity index is 1.30. The highest BCUT2D eigenvalue weighted by atomic mass is 35.5. The van der Waals surface area contributed by atoms with Crippen molar-refractivity contribution in [2.45, 2.75) is 19.4 Å². The summed E-state index contributed by atoms with van der Waals surface area (Å²) in [5.74, 6) is 0.970. The van der Waals surface area contributed by atoms with Gasteiger partial charge in [0.25, 0.3) is 5.56 Å². The van der Waals surface area contributed by atoms with Gasteiger partial charge in [-0.15, -0.1) is 0 Å².